The van der Waals surface area contributed by atoms with E-state index in [1.54, 1.807) is 0 Å². The maximum atomic E-state index is 5.73. The second-order valence-corrected chi connectivity index (χ2v) is 5.78. The van der Waals surface area contributed by atoms with E-state index in [4.69, 9.17) is 4.74 Å². The van der Waals surface area contributed by atoms with Gasteiger partial charge in [0.1, 0.15) is 12.6 Å². The van der Waals surface area contributed by atoms with Crippen LogP contribution in [0.3, 0.4) is 0 Å². The van der Waals surface area contributed by atoms with Gasteiger partial charge in [-0.05, 0) is 6.42 Å². The van der Waals surface area contributed by atoms with Crippen molar-refractivity contribution in [3.63, 3.8) is 0 Å². The first-order valence-electron chi connectivity index (χ1n) is 8.36. The zero-order valence-corrected chi connectivity index (χ0v) is 12.5. The highest BCUT2D eigenvalue weighted by molar-refractivity contribution is 4.58. The highest BCUT2D eigenvalue weighted by Gasteiger charge is 2.14. The Labute approximate surface area is 114 Å². The fraction of sp³-hybridized carbons (Fsp3) is 1.00. The van der Waals surface area contributed by atoms with Gasteiger partial charge in [-0.2, -0.15) is 0 Å². The van der Waals surface area contributed by atoms with E-state index in [9.17, 15) is 0 Å². The molecule has 1 fully saturated rings. The Morgan fingerprint density at radius 3 is 2.06 bits per heavy atom. The summed E-state index contributed by atoms with van der Waals surface area (Å²) < 4.78 is 5.73. The first-order chi connectivity index (χ1) is 8.93. The summed E-state index contributed by atoms with van der Waals surface area (Å²) in [6.45, 7) is 5.60. The molecule has 0 aliphatic carbocycles. The standard InChI is InChI=1S/C16H33NO/c1-2-3-4-5-6-7-8-9-10-11-12-16-15-17-13-14-18-16/h16-17H,2-15H2,1H3/p+1. The molecule has 0 spiro atoms. The summed E-state index contributed by atoms with van der Waals surface area (Å²) >= 11 is 0. The number of unbranched alkanes of at least 4 members (excludes halogenated alkanes) is 9. The molecule has 0 aromatic heterocycles. The maximum absolute atomic E-state index is 5.73. The fourth-order valence-electron chi connectivity index (χ4n) is 2.75. The molecule has 1 aliphatic rings. The van der Waals surface area contributed by atoms with Gasteiger partial charge in [-0.1, -0.05) is 71.1 Å². The first kappa shape index (κ1) is 16.0. The van der Waals surface area contributed by atoms with E-state index in [2.05, 4.69) is 12.2 Å². The quantitative estimate of drug-likeness (QED) is 0.564. The highest BCUT2D eigenvalue weighted by Crippen LogP contribution is 2.12. The minimum absolute atomic E-state index is 0.549. The monoisotopic (exact) mass is 256 g/mol. The number of nitrogens with two attached hydrogens (primary N) is 1. The maximum Gasteiger partial charge on any atom is 0.107 e. The molecule has 2 N–H and O–H groups in total. The van der Waals surface area contributed by atoms with Gasteiger partial charge in [0.15, 0.2) is 0 Å². The van der Waals surface area contributed by atoms with Gasteiger partial charge in [-0.3, -0.25) is 0 Å². The van der Waals surface area contributed by atoms with Crippen molar-refractivity contribution in [1.29, 1.82) is 0 Å². The summed E-state index contributed by atoms with van der Waals surface area (Å²) in [7, 11) is 0. The molecule has 0 aromatic carbocycles. The lowest BCUT2D eigenvalue weighted by molar-refractivity contribution is -0.677. The average molecular weight is 256 g/mol. The second-order valence-electron chi connectivity index (χ2n) is 5.78. The molecule has 1 heterocycles. The van der Waals surface area contributed by atoms with Crippen LogP contribution in [0.25, 0.3) is 0 Å². The van der Waals surface area contributed by atoms with E-state index in [1.165, 1.54) is 77.2 Å². The van der Waals surface area contributed by atoms with Gasteiger partial charge in [-0.25, -0.2) is 0 Å². The van der Waals surface area contributed by atoms with Gasteiger partial charge in [0.05, 0.1) is 13.2 Å². The second kappa shape index (κ2) is 12.0. The summed E-state index contributed by atoms with van der Waals surface area (Å²) in [5.41, 5.74) is 0. The predicted octanol–water partition coefficient (Wildman–Crippen LogP) is 3.26. The van der Waals surface area contributed by atoms with Crippen molar-refractivity contribution in [2.75, 3.05) is 19.7 Å². The largest absolute Gasteiger partial charge is 0.367 e. The Morgan fingerprint density at radius 1 is 0.889 bits per heavy atom. The zero-order chi connectivity index (χ0) is 12.9. The number of hydrogen-bond donors (Lipinski definition) is 1. The van der Waals surface area contributed by atoms with Crippen molar-refractivity contribution in [1.82, 2.24) is 0 Å². The smallest absolute Gasteiger partial charge is 0.107 e. The third-order valence-corrected chi connectivity index (χ3v) is 3.98. The molecule has 1 atom stereocenters. The fourth-order valence-corrected chi connectivity index (χ4v) is 2.75. The average Bonchev–Trinajstić information content (AvgIpc) is 2.42. The summed E-state index contributed by atoms with van der Waals surface area (Å²) in [4.78, 5) is 0. The third kappa shape index (κ3) is 8.93. The summed E-state index contributed by atoms with van der Waals surface area (Å²) in [5.74, 6) is 0. The van der Waals surface area contributed by atoms with Crippen LogP contribution in [0.5, 0.6) is 0 Å². The van der Waals surface area contributed by atoms with Gasteiger partial charge in [-0.15, -0.1) is 0 Å². The van der Waals surface area contributed by atoms with Crippen molar-refractivity contribution in [3.8, 4) is 0 Å². The van der Waals surface area contributed by atoms with Crippen LogP contribution in [0, 0.1) is 0 Å². The number of rotatable bonds is 11. The van der Waals surface area contributed by atoms with Crippen molar-refractivity contribution in [3.05, 3.63) is 0 Å². The van der Waals surface area contributed by atoms with Gasteiger partial charge in [0.2, 0.25) is 0 Å². The van der Waals surface area contributed by atoms with Crippen LogP contribution in [0.15, 0.2) is 0 Å². The molecule has 0 bridgehead atoms. The van der Waals surface area contributed by atoms with Gasteiger partial charge >= 0.3 is 0 Å². The number of ether oxygens (including phenoxy) is 1. The van der Waals surface area contributed by atoms with Crippen LogP contribution < -0.4 is 5.32 Å². The van der Waals surface area contributed by atoms with E-state index >= 15 is 0 Å². The number of morpholine rings is 1. The molecule has 1 saturated heterocycles. The van der Waals surface area contributed by atoms with Crippen molar-refractivity contribution in [2.24, 2.45) is 0 Å². The zero-order valence-electron chi connectivity index (χ0n) is 12.5. The van der Waals surface area contributed by atoms with Crippen LogP contribution in [-0.2, 0) is 4.74 Å². The Morgan fingerprint density at radius 2 is 1.50 bits per heavy atom. The molecular weight excluding hydrogens is 222 g/mol. The highest BCUT2D eigenvalue weighted by atomic mass is 16.5. The predicted molar refractivity (Wildman–Crippen MR) is 77.9 cm³/mol. The third-order valence-electron chi connectivity index (χ3n) is 3.98. The van der Waals surface area contributed by atoms with Crippen LogP contribution in [0.2, 0.25) is 0 Å². The van der Waals surface area contributed by atoms with Crippen LogP contribution in [0.4, 0.5) is 0 Å². The molecule has 0 aromatic rings. The SMILES string of the molecule is CCCCCCCCCCCCC1C[NH2+]CCO1. The summed E-state index contributed by atoms with van der Waals surface area (Å²) in [6.07, 6.45) is 16.1. The molecule has 108 valence electrons. The lowest BCUT2D eigenvalue weighted by Gasteiger charge is -2.20. The lowest BCUT2D eigenvalue weighted by Crippen LogP contribution is -2.89. The van der Waals surface area contributed by atoms with Crippen molar-refractivity contribution < 1.29 is 10.1 Å². The molecule has 1 unspecified atom stereocenters. The van der Waals surface area contributed by atoms with E-state index in [0.29, 0.717) is 6.10 Å². The van der Waals surface area contributed by atoms with Crippen LogP contribution in [-0.4, -0.2) is 25.8 Å². The Hall–Kier alpha value is -0.0800. The molecule has 2 nitrogen and oxygen atoms in total. The van der Waals surface area contributed by atoms with Crippen LogP contribution >= 0.6 is 0 Å². The molecule has 18 heavy (non-hydrogen) atoms. The van der Waals surface area contributed by atoms with Gasteiger partial charge in [0, 0.05) is 0 Å². The summed E-state index contributed by atoms with van der Waals surface area (Å²) in [5, 5.41) is 2.39. The number of hydrogen-bond acceptors (Lipinski definition) is 1. The molecule has 2 heteroatoms. The molecule has 0 radical (unpaired) electrons. The van der Waals surface area contributed by atoms with Crippen molar-refractivity contribution in [2.45, 2.75) is 83.7 Å². The molecule has 0 amide bonds. The minimum Gasteiger partial charge on any atom is -0.367 e. The van der Waals surface area contributed by atoms with Crippen LogP contribution in [0.1, 0.15) is 77.6 Å². The number of quaternary nitrogens is 1. The van der Waals surface area contributed by atoms with E-state index in [-0.39, 0.29) is 0 Å². The molecule has 1 aliphatic heterocycles. The molecule has 0 saturated carbocycles. The van der Waals surface area contributed by atoms with E-state index in [1.807, 2.05) is 0 Å². The van der Waals surface area contributed by atoms with E-state index < -0.39 is 0 Å². The van der Waals surface area contributed by atoms with Crippen molar-refractivity contribution >= 4 is 0 Å². The van der Waals surface area contributed by atoms with E-state index in [0.717, 1.165) is 13.2 Å². The topological polar surface area (TPSA) is 25.8 Å². The van der Waals surface area contributed by atoms with Gasteiger partial charge < -0.3 is 10.1 Å². The Kier molecular flexibility index (Phi) is 10.6. The normalized spacial score (nSPS) is 20.2. The Balaban J connectivity index is 1.73. The molecule has 1 rings (SSSR count). The summed E-state index contributed by atoms with van der Waals surface area (Å²) in [6, 6.07) is 0. The minimum atomic E-state index is 0.549. The first-order valence-corrected chi connectivity index (χ1v) is 8.36. The molecular formula is C16H34NO+. The van der Waals surface area contributed by atoms with Gasteiger partial charge in [0.25, 0.3) is 0 Å². The lowest BCUT2D eigenvalue weighted by atomic mass is 10.0. The Bertz CT molecular complexity index is 166.